The molecule has 0 bridgehead atoms. The zero-order chi connectivity index (χ0) is 20.6. The molecule has 2 aromatic rings. The summed E-state index contributed by atoms with van der Waals surface area (Å²) in [5.74, 6) is -0.460. The second kappa shape index (κ2) is 10.1. The fraction of sp³-hybridized carbons (Fsp3) is 0.391. The van der Waals surface area contributed by atoms with E-state index in [0.717, 1.165) is 32.4 Å². The normalized spacial score (nSPS) is 16.5. The summed E-state index contributed by atoms with van der Waals surface area (Å²) in [6, 6.07) is 17.5. The van der Waals surface area contributed by atoms with Crippen molar-refractivity contribution in [3.8, 4) is 0 Å². The number of nitrogens with one attached hydrogen (secondary N) is 1. The lowest BCUT2D eigenvalue weighted by Crippen LogP contribution is -2.50. The molecule has 3 rings (SSSR count). The Morgan fingerprint density at radius 1 is 1.14 bits per heavy atom. The molecule has 6 nitrogen and oxygen atoms in total. The van der Waals surface area contributed by atoms with Crippen LogP contribution in [-0.2, 0) is 11.2 Å². The monoisotopic (exact) mass is 395 g/mol. The summed E-state index contributed by atoms with van der Waals surface area (Å²) in [4.78, 5) is 28.9. The molecule has 0 aromatic heterocycles. The van der Waals surface area contributed by atoms with Crippen molar-refractivity contribution >= 4 is 17.7 Å². The topological polar surface area (TPSA) is 61.9 Å². The van der Waals surface area contributed by atoms with Crippen LogP contribution >= 0.6 is 0 Å². The molecule has 6 heteroatoms. The zero-order valence-electron chi connectivity index (χ0n) is 17.1. The van der Waals surface area contributed by atoms with E-state index in [1.807, 2.05) is 11.0 Å². The van der Waals surface area contributed by atoms with E-state index in [9.17, 15) is 9.59 Å². The summed E-state index contributed by atoms with van der Waals surface area (Å²) < 4.78 is 4.81. The molecule has 0 spiro atoms. The maximum atomic E-state index is 12.8. The van der Waals surface area contributed by atoms with Crippen LogP contribution in [0.4, 0.5) is 10.5 Å². The summed E-state index contributed by atoms with van der Waals surface area (Å²) in [5, 5.41) is 2.88. The lowest BCUT2D eigenvalue weighted by Gasteiger charge is -2.37. The Morgan fingerprint density at radius 2 is 1.86 bits per heavy atom. The molecule has 0 aliphatic carbocycles. The Morgan fingerprint density at radius 3 is 2.62 bits per heavy atom. The number of hydrogen-bond donors (Lipinski definition) is 1. The van der Waals surface area contributed by atoms with Crippen LogP contribution in [0.15, 0.2) is 54.6 Å². The highest BCUT2D eigenvalue weighted by atomic mass is 16.5. The molecule has 0 radical (unpaired) electrons. The van der Waals surface area contributed by atoms with Gasteiger partial charge in [-0.2, -0.15) is 0 Å². The first-order valence-corrected chi connectivity index (χ1v) is 10.1. The number of hydrogen-bond acceptors (Lipinski definition) is 4. The number of carbonyl (C=O) groups excluding carboxylic acids is 2. The fourth-order valence-corrected chi connectivity index (χ4v) is 3.71. The molecule has 1 aliphatic rings. The van der Waals surface area contributed by atoms with Crippen molar-refractivity contribution in [3.05, 3.63) is 65.7 Å². The third-order valence-corrected chi connectivity index (χ3v) is 5.48. The van der Waals surface area contributed by atoms with Crippen LogP contribution in [0.25, 0.3) is 0 Å². The van der Waals surface area contributed by atoms with Crippen molar-refractivity contribution in [1.29, 1.82) is 0 Å². The van der Waals surface area contributed by atoms with E-state index >= 15 is 0 Å². The van der Waals surface area contributed by atoms with Crippen LogP contribution in [0.3, 0.4) is 0 Å². The van der Waals surface area contributed by atoms with Gasteiger partial charge < -0.3 is 19.9 Å². The van der Waals surface area contributed by atoms with E-state index in [-0.39, 0.29) is 6.03 Å². The number of benzene rings is 2. The number of esters is 1. The predicted molar refractivity (Wildman–Crippen MR) is 114 cm³/mol. The van der Waals surface area contributed by atoms with Gasteiger partial charge in [0.25, 0.3) is 0 Å². The number of urea groups is 1. The van der Waals surface area contributed by atoms with Gasteiger partial charge in [0, 0.05) is 25.7 Å². The highest BCUT2D eigenvalue weighted by Crippen LogP contribution is 2.20. The number of piperidine rings is 1. The number of rotatable bonds is 6. The molecule has 1 fully saturated rings. The summed E-state index contributed by atoms with van der Waals surface area (Å²) in [6.07, 6.45) is 3.03. The lowest BCUT2D eigenvalue weighted by atomic mass is 10.0. The van der Waals surface area contributed by atoms with E-state index in [2.05, 4.69) is 41.5 Å². The van der Waals surface area contributed by atoms with Crippen molar-refractivity contribution in [3.63, 3.8) is 0 Å². The number of para-hydroxylation sites is 1. The Kier molecular flexibility index (Phi) is 7.25. The molecule has 1 saturated heterocycles. The van der Waals surface area contributed by atoms with Gasteiger partial charge in [-0.3, -0.25) is 0 Å². The molecule has 1 atom stereocenters. The highest BCUT2D eigenvalue weighted by molar-refractivity contribution is 6.00. The summed E-state index contributed by atoms with van der Waals surface area (Å²) >= 11 is 0. The number of carbonyl (C=O) groups is 2. The van der Waals surface area contributed by atoms with Gasteiger partial charge in [0.05, 0.1) is 18.4 Å². The zero-order valence-corrected chi connectivity index (χ0v) is 17.1. The van der Waals surface area contributed by atoms with Crippen molar-refractivity contribution < 1.29 is 14.3 Å². The van der Waals surface area contributed by atoms with Crippen molar-refractivity contribution in [1.82, 2.24) is 9.80 Å². The van der Waals surface area contributed by atoms with E-state index in [1.165, 1.54) is 12.7 Å². The highest BCUT2D eigenvalue weighted by Gasteiger charge is 2.27. The average Bonchev–Trinajstić information content (AvgIpc) is 2.78. The average molecular weight is 396 g/mol. The van der Waals surface area contributed by atoms with Crippen LogP contribution in [0, 0.1) is 0 Å². The first-order valence-electron chi connectivity index (χ1n) is 10.1. The molecule has 2 aromatic carbocycles. The van der Waals surface area contributed by atoms with Crippen molar-refractivity contribution in [2.45, 2.75) is 25.3 Å². The smallest absolute Gasteiger partial charge is 0.339 e. The van der Waals surface area contributed by atoms with Gasteiger partial charge >= 0.3 is 12.0 Å². The molecule has 1 aliphatic heterocycles. The molecule has 154 valence electrons. The Balaban J connectivity index is 1.57. The largest absolute Gasteiger partial charge is 0.465 e. The van der Waals surface area contributed by atoms with Crippen LogP contribution in [0.2, 0.25) is 0 Å². The molecule has 1 N–H and O–H groups in total. The molecule has 0 saturated carbocycles. The van der Waals surface area contributed by atoms with Gasteiger partial charge in [0.1, 0.15) is 0 Å². The minimum atomic E-state index is -0.460. The van der Waals surface area contributed by atoms with Gasteiger partial charge in [-0.15, -0.1) is 0 Å². The first-order chi connectivity index (χ1) is 14.1. The number of likely N-dealkylation sites (tertiary alicyclic amines) is 1. The SMILES string of the molecule is COC(=O)c1ccccc1NC(=O)N1CCCC(N(C)CCc2ccccc2)C1. The quantitative estimate of drug-likeness (QED) is 0.759. The molecule has 2 amide bonds. The second-order valence-electron chi connectivity index (χ2n) is 7.43. The third-order valence-electron chi connectivity index (χ3n) is 5.48. The van der Waals surface area contributed by atoms with Gasteiger partial charge in [0.2, 0.25) is 0 Å². The van der Waals surface area contributed by atoms with Crippen LogP contribution < -0.4 is 5.32 Å². The summed E-state index contributed by atoms with van der Waals surface area (Å²) in [7, 11) is 3.46. The predicted octanol–water partition coefficient (Wildman–Crippen LogP) is 3.64. The number of amides is 2. The maximum Gasteiger partial charge on any atom is 0.339 e. The van der Waals surface area contributed by atoms with E-state index in [0.29, 0.717) is 23.8 Å². The van der Waals surface area contributed by atoms with Gasteiger partial charge in [0.15, 0.2) is 0 Å². The molecule has 1 heterocycles. The number of anilines is 1. The van der Waals surface area contributed by atoms with E-state index < -0.39 is 5.97 Å². The van der Waals surface area contributed by atoms with Crippen LogP contribution in [0.1, 0.15) is 28.8 Å². The maximum absolute atomic E-state index is 12.8. The molecular formula is C23H29N3O3. The van der Waals surface area contributed by atoms with Crippen LogP contribution in [0.5, 0.6) is 0 Å². The molecular weight excluding hydrogens is 366 g/mol. The summed E-state index contributed by atoms with van der Waals surface area (Å²) in [6.45, 7) is 2.35. The van der Waals surface area contributed by atoms with Crippen molar-refractivity contribution in [2.24, 2.45) is 0 Å². The van der Waals surface area contributed by atoms with Gasteiger partial charge in [-0.05, 0) is 44.0 Å². The summed E-state index contributed by atoms with van der Waals surface area (Å²) in [5.41, 5.74) is 2.16. The van der Waals surface area contributed by atoms with E-state index in [1.54, 1.807) is 24.3 Å². The van der Waals surface area contributed by atoms with E-state index in [4.69, 9.17) is 4.74 Å². The Hall–Kier alpha value is -2.86. The van der Waals surface area contributed by atoms with Gasteiger partial charge in [-0.25, -0.2) is 9.59 Å². The number of methoxy groups -OCH3 is 1. The minimum Gasteiger partial charge on any atom is -0.465 e. The third kappa shape index (κ3) is 5.57. The lowest BCUT2D eigenvalue weighted by molar-refractivity contribution is 0.0602. The Labute approximate surface area is 172 Å². The molecule has 29 heavy (non-hydrogen) atoms. The standard InChI is InChI=1S/C23H29N3O3/c1-25(16-14-18-9-4-3-5-10-18)19-11-8-15-26(17-19)23(28)24-21-13-7-6-12-20(21)22(27)29-2/h3-7,9-10,12-13,19H,8,11,14-17H2,1-2H3,(H,24,28). The van der Waals surface area contributed by atoms with Gasteiger partial charge in [-0.1, -0.05) is 42.5 Å². The minimum absolute atomic E-state index is 0.178. The number of likely N-dealkylation sites (N-methyl/N-ethyl adjacent to an activating group) is 1. The van der Waals surface area contributed by atoms with Crippen LogP contribution in [-0.4, -0.2) is 61.6 Å². The van der Waals surface area contributed by atoms with Crippen molar-refractivity contribution in [2.75, 3.05) is 39.1 Å². The number of nitrogens with zero attached hydrogens (tertiary/aromatic N) is 2. The second-order valence-corrected chi connectivity index (χ2v) is 7.43. The fourth-order valence-electron chi connectivity index (χ4n) is 3.71. The Bertz CT molecular complexity index is 825. The molecule has 1 unspecified atom stereocenters. The first kappa shape index (κ1) is 20.9. The number of ether oxygens (including phenoxy) is 1.